The lowest BCUT2D eigenvalue weighted by Gasteiger charge is -2.46. The van der Waals surface area contributed by atoms with E-state index >= 15 is 0 Å². The highest BCUT2D eigenvalue weighted by Crippen LogP contribution is 2.54. The number of halogens is 3. The Labute approximate surface area is 80.7 Å². The predicted octanol–water partition coefficient (Wildman–Crippen LogP) is 2.38. The summed E-state index contributed by atoms with van der Waals surface area (Å²) in [4.78, 5) is 0. The topological polar surface area (TPSA) is 34.1 Å². The molecule has 2 nitrogen and oxygen atoms in total. The predicted molar refractivity (Wildman–Crippen MR) is 46.5 cm³/mol. The van der Waals surface area contributed by atoms with Crippen LogP contribution >= 0.6 is 10.7 Å². The molecule has 1 saturated carbocycles. The van der Waals surface area contributed by atoms with Gasteiger partial charge in [0.2, 0.25) is 15.0 Å². The fourth-order valence-electron chi connectivity index (χ4n) is 1.87. The second-order valence-corrected chi connectivity index (χ2v) is 6.52. The minimum Gasteiger partial charge on any atom is -0.212 e. The Morgan fingerprint density at radius 2 is 1.85 bits per heavy atom. The van der Waals surface area contributed by atoms with E-state index in [-0.39, 0.29) is 18.6 Å². The summed E-state index contributed by atoms with van der Waals surface area (Å²) >= 11 is 0. The molecule has 1 aliphatic carbocycles. The molecule has 1 fully saturated rings. The van der Waals surface area contributed by atoms with Gasteiger partial charge in [-0.1, -0.05) is 6.92 Å². The van der Waals surface area contributed by atoms with Crippen molar-refractivity contribution in [3.05, 3.63) is 0 Å². The van der Waals surface area contributed by atoms with Crippen LogP contribution < -0.4 is 0 Å². The number of hydrogen-bond acceptors (Lipinski definition) is 2. The molecule has 0 atom stereocenters. The van der Waals surface area contributed by atoms with Crippen LogP contribution in [-0.2, 0) is 9.05 Å². The lowest BCUT2D eigenvalue weighted by Crippen LogP contribution is -2.49. The van der Waals surface area contributed by atoms with Gasteiger partial charge in [0, 0.05) is 23.5 Å². The molecule has 1 aliphatic rings. The van der Waals surface area contributed by atoms with Gasteiger partial charge in [0.25, 0.3) is 0 Å². The molecular formula is C7H11ClF2O2S. The standard InChI is InChI=1S/C7H11ClF2O2S/c1-2-6(5-13(8,11)12)3-7(9,10)4-6/h2-5H2,1H3. The van der Waals surface area contributed by atoms with Gasteiger partial charge in [0.15, 0.2) is 0 Å². The van der Waals surface area contributed by atoms with Gasteiger partial charge in [0.1, 0.15) is 0 Å². The molecule has 0 amide bonds. The second kappa shape index (κ2) is 3.05. The van der Waals surface area contributed by atoms with Gasteiger partial charge in [0.05, 0.1) is 5.75 Å². The van der Waals surface area contributed by atoms with Crippen LogP contribution in [0.1, 0.15) is 26.2 Å². The van der Waals surface area contributed by atoms with Crippen LogP contribution in [0.5, 0.6) is 0 Å². The van der Waals surface area contributed by atoms with Crippen LogP contribution in [0.2, 0.25) is 0 Å². The number of rotatable bonds is 3. The quantitative estimate of drug-likeness (QED) is 0.701. The minimum absolute atomic E-state index is 0.340. The first-order valence-corrected chi connectivity index (χ1v) is 6.46. The third-order valence-electron chi connectivity index (χ3n) is 2.50. The molecule has 0 radical (unpaired) electrons. The van der Waals surface area contributed by atoms with Crippen molar-refractivity contribution in [2.75, 3.05) is 5.75 Å². The molecule has 0 heterocycles. The normalized spacial score (nSPS) is 25.2. The average molecular weight is 233 g/mol. The van der Waals surface area contributed by atoms with Crippen LogP contribution in [0.3, 0.4) is 0 Å². The molecule has 6 heteroatoms. The van der Waals surface area contributed by atoms with Crippen molar-refractivity contribution in [1.29, 1.82) is 0 Å². The van der Waals surface area contributed by atoms with Crippen LogP contribution in [0.15, 0.2) is 0 Å². The fraction of sp³-hybridized carbons (Fsp3) is 1.00. The maximum absolute atomic E-state index is 12.6. The van der Waals surface area contributed by atoms with E-state index in [4.69, 9.17) is 10.7 Å². The monoisotopic (exact) mass is 232 g/mol. The number of hydrogen-bond donors (Lipinski definition) is 0. The molecule has 0 saturated heterocycles. The summed E-state index contributed by atoms with van der Waals surface area (Å²) in [5.74, 6) is -3.04. The Morgan fingerprint density at radius 1 is 1.38 bits per heavy atom. The first-order valence-electron chi connectivity index (χ1n) is 3.98. The van der Waals surface area contributed by atoms with E-state index in [1.54, 1.807) is 6.92 Å². The van der Waals surface area contributed by atoms with Crippen molar-refractivity contribution in [3.8, 4) is 0 Å². The maximum atomic E-state index is 12.6. The van der Waals surface area contributed by atoms with Crippen molar-refractivity contribution in [2.24, 2.45) is 5.41 Å². The second-order valence-electron chi connectivity index (χ2n) is 3.75. The number of alkyl halides is 2. The zero-order chi connectivity index (χ0) is 10.3. The molecule has 0 aromatic heterocycles. The highest BCUT2D eigenvalue weighted by Gasteiger charge is 2.56. The molecule has 0 unspecified atom stereocenters. The van der Waals surface area contributed by atoms with Gasteiger partial charge >= 0.3 is 0 Å². The van der Waals surface area contributed by atoms with E-state index in [1.165, 1.54) is 0 Å². The molecule has 78 valence electrons. The maximum Gasteiger partial charge on any atom is 0.249 e. The first-order chi connectivity index (χ1) is 5.68. The zero-order valence-corrected chi connectivity index (χ0v) is 8.76. The van der Waals surface area contributed by atoms with Crippen molar-refractivity contribution in [1.82, 2.24) is 0 Å². The van der Waals surface area contributed by atoms with Gasteiger partial charge in [-0.2, -0.15) is 0 Å². The van der Waals surface area contributed by atoms with E-state index < -0.39 is 20.4 Å². The molecule has 0 bridgehead atoms. The molecule has 0 N–H and O–H groups in total. The zero-order valence-electron chi connectivity index (χ0n) is 7.19. The van der Waals surface area contributed by atoms with Gasteiger partial charge in [-0.05, 0) is 11.8 Å². The highest BCUT2D eigenvalue weighted by atomic mass is 35.7. The lowest BCUT2D eigenvalue weighted by molar-refractivity contribution is -0.152. The van der Waals surface area contributed by atoms with Crippen LogP contribution in [-0.4, -0.2) is 20.1 Å². The van der Waals surface area contributed by atoms with Crippen molar-refractivity contribution >= 4 is 19.7 Å². The molecule has 0 spiro atoms. The Hall–Kier alpha value is 0.1000. The summed E-state index contributed by atoms with van der Waals surface area (Å²) in [6.45, 7) is 1.71. The molecule has 0 aromatic carbocycles. The minimum atomic E-state index is -3.67. The third kappa shape index (κ3) is 2.77. The molecule has 0 aromatic rings. The van der Waals surface area contributed by atoms with Gasteiger partial charge in [-0.3, -0.25) is 0 Å². The summed E-state index contributed by atoms with van der Waals surface area (Å²) in [5.41, 5.74) is -0.788. The lowest BCUT2D eigenvalue weighted by atomic mass is 9.66. The SMILES string of the molecule is CCC1(CS(=O)(=O)Cl)CC(F)(F)C1. The molecule has 0 aliphatic heterocycles. The van der Waals surface area contributed by atoms with E-state index in [0.29, 0.717) is 6.42 Å². The van der Waals surface area contributed by atoms with E-state index in [2.05, 4.69) is 0 Å². The van der Waals surface area contributed by atoms with Crippen molar-refractivity contribution in [2.45, 2.75) is 32.1 Å². The Bertz CT molecular complexity index is 292. The molecular weight excluding hydrogens is 222 g/mol. The highest BCUT2D eigenvalue weighted by molar-refractivity contribution is 8.13. The summed E-state index contributed by atoms with van der Waals surface area (Å²) in [5, 5.41) is 0. The Morgan fingerprint density at radius 3 is 2.08 bits per heavy atom. The third-order valence-corrected chi connectivity index (χ3v) is 3.78. The average Bonchev–Trinajstić information content (AvgIpc) is 1.79. The molecule has 13 heavy (non-hydrogen) atoms. The Kier molecular flexibility index (Phi) is 2.62. The summed E-state index contributed by atoms with van der Waals surface area (Å²) in [6.07, 6.45) is -0.292. The van der Waals surface area contributed by atoms with Gasteiger partial charge < -0.3 is 0 Å². The summed E-state index contributed by atoms with van der Waals surface area (Å²) < 4.78 is 46.6. The van der Waals surface area contributed by atoms with Crippen molar-refractivity contribution < 1.29 is 17.2 Å². The molecule has 1 rings (SSSR count). The van der Waals surface area contributed by atoms with E-state index in [9.17, 15) is 17.2 Å². The van der Waals surface area contributed by atoms with Gasteiger partial charge in [-0.15, -0.1) is 0 Å². The summed E-state index contributed by atoms with van der Waals surface area (Å²) in [6, 6.07) is 0. The van der Waals surface area contributed by atoms with Gasteiger partial charge in [-0.25, -0.2) is 17.2 Å². The largest absolute Gasteiger partial charge is 0.249 e. The smallest absolute Gasteiger partial charge is 0.212 e. The van der Waals surface area contributed by atoms with Crippen molar-refractivity contribution in [3.63, 3.8) is 0 Å². The van der Waals surface area contributed by atoms with Crippen LogP contribution in [0, 0.1) is 5.41 Å². The fourth-order valence-corrected chi connectivity index (χ4v) is 3.70. The van der Waals surface area contributed by atoms with E-state index in [1.807, 2.05) is 0 Å². The summed E-state index contributed by atoms with van der Waals surface area (Å²) in [7, 11) is 1.36. The first kappa shape index (κ1) is 11.2. The van der Waals surface area contributed by atoms with Crippen LogP contribution in [0.4, 0.5) is 8.78 Å². The Balaban J connectivity index is 2.67. The van der Waals surface area contributed by atoms with Crippen LogP contribution in [0.25, 0.3) is 0 Å². The van der Waals surface area contributed by atoms with E-state index in [0.717, 1.165) is 0 Å².